The monoisotopic (exact) mass is 426 g/mol. The molecule has 1 saturated heterocycles. The van der Waals surface area contributed by atoms with E-state index in [1.165, 1.54) is 0 Å². The van der Waals surface area contributed by atoms with Gasteiger partial charge in [0.1, 0.15) is 5.82 Å². The van der Waals surface area contributed by atoms with Gasteiger partial charge in [-0.2, -0.15) is 4.98 Å². The molecule has 3 aliphatic rings. The number of hydrogen-bond acceptors (Lipinski definition) is 6. The number of morpholine rings is 1. The van der Waals surface area contributed by atoms with E-state index in [0.717, 1.165) is 22.4 Å². The van der Waals surface area contributed by atoms with Gasteiger partial charge in [-0.25, -0.2) is 0 Å². The molecule has 0 saturated carbocycles. The lowest BCUT2D eigenvalue weighted by Gasteiger charge is -2.31. The zero-order valence-electron chi connectivity index (χ0n) is 17.6. The van der Waals surface area contributed by atoms with E-state index in [-0.39, 0.29) is 11.3 Å². The molecule has 7 nitrogen and oxygen atoms in total. The molecule has 3 aromatic rings. The number of allylic oxidation sites excluding steroid dienone is 1. The molecule has 0 spiro atoms. The first-order chi connectivity index (χ1) is 15.6. The highest BCUT2D eigenvalue weighted by atomic mass is 16.5. The largest absolute Gasteiger partial charge is 0.378 e. The zero-order chi connectivity index (χ0) is 21.8. The fraction of sp³-hybridized carbons (Fsp3) is 0.240. The van der Waals surface area contributed by atoms with Gasteiger partial charge in [-0.05, 0) is 12.5 Å². The summed E-state index contributed by atoms with van der Waals surface area (Å²) in [7, 11) is 0. The van der Waals surface area contributed by atoms with Gasteiger partial charge in [0, 0.05) is 35.7 Å². The van der Waals surface area contributed by atoms with Crippen LogP contribution < -0.4 is 15.8 Å². The summed E-state index contributed by atoms with van der Waals surface area (Å²) in [6.45, 7) is 4.54. The van der Waals surface area contributed by atoms with Crippen LogP contribution in [-0.4, -0.2) is 42.1 Å². The van der Waals surface area contributed by atoms with Gasteiger partial charge < -0.3 is 15.0 Å². The highest BCUT2D eigenvalue weighted by molar-refractivity contribution is 6.23. The van der Waals surface area contributed by atoms with E-state index in [1.54, 1.807) is 0 Å². The van der Waals surface area contributed by atoms with Crippen molar-refractivity contribution in [3.63, 3.8) is 0 Å². The maximum atomic E-state index is 13.5. The molecule has 7 heteroatoms. The number of ketones is 1. The fourth-order valence-electron chi connectivity index (χ4n) is 4.83. The van der Waals surface area contributed by atoms with E-state index in [2.05, 4.69) is 10.3 Å². The molecular formula is C25H22N4O3. The molecule has 6 rings (SSSR count). The summed E-state index contributed by atoms with van der Waals surface area (Å²) >= 11 is 0. The van der Waals surface area contributed by atoms with Gasteiger partial charge in [-0.1, -0.05) is 54.1 Å². The number of carbonyl (C=O) groups is 1. The lowest BCUT2D eigenvalue weighted by Crippen LogP contribution is -2.39. The number of aryl methyl sites for hydroxylation is 1. The summed E-state index contributed by atoms with van der Waals surface area (Å²) in [6, 6.07) is 15.6. The first-order valence-corrected chi connectivity index (χ1v) is 10.8. The fourth-order valence-corrected chi connectivity index (χ4v) is 4.83. The number of nitrogens with zero attached hydrogens (tertiary/aromatic N) is 2. The molecule has 0 radical (unpaired) electrons. The third kappa shape index (κ3) is 2.81. The maximum Gasteiger partial charge on any atom is 0.258 e. The molecule has 0 amide bonds. The van der Waals surface area contributed by atoms with Gasteiger partial charge in [-0.3, -0.25) is 14.6 Å². The summed E-state index contributed by atoms with van der Waals surface area (Å²) in [4.78, 5) is 36.7. The number of Topliss-reactive ketones (excluding diaryl/α,β-unsaturated/α-hetero) is 1. The minimum Gasteiger partial charge on any atom is -0.378 e. The standard InChI is InChI=1S/C25H22N4O3/c1-14-6-8-15(9-7-14)18-19-21(16-4-2-3-5-17(16)22(19)30)26-23-20(18)24(31)28-25(27-23)29-10-12-32-13-11-29/h2-9,18H,10-13H2,1H3,(H2,26,27,28,31)/t18-/m0/s1. The Hall–Kier alpha value is -3.71. The van der Waals surface area contributed by atoms with Crippen molar-refractivity contribution in [3.05, 3.63) is 92.3 Å². The smallest absolute Gasteiger partial charge is 0.258 e. The van der Waals surface area contributed by atoms with E-state index < -0.39 is 5.92 Å². The molecule has 0 unspecified atom stereocenters. The zero-order valence-corrected chi connectivity index (χ0v) is 17.6. The number of anilines is 2. The summed E-state index contributed by atoms with van der Waals surface area (Å²) in [6.07, 6.45) is 0. The SMILES string of the molecule is Cc1ccc([C@H]2C3=C(Nc4nc(N5CCOCC5)[nH]c(=O)c42)c2ccccc2C3=O)cc1. The second kappa shape index (κ2) is 7.17. The normalized spacial score (nSPS) is 19.3. The Morgan fingerprint density at radius 1 is 1.00 bits per heavy atom. The predicted octanol–water partition coefficient (Wildman–Crippen LogP) is 3.08. The summed E-state index contributed by atoms with van der Waals surface area (Å²) < 4.78 is 5.43. The Bertz CT molecular complexity index is 1330. The topological polar surface area (TPSA) is 87.3 Å². The van der Waals surface area contributed by atoms with Crippen LogP contribution >= 0.6 is 0 Å². The van der Waals surface area contributed by atoms with Crippen LogP contribution in [0.15, 0.2) is 58.9 Å². The van der Waals surface area contributed by atoms with Crippen molar-refractivity contribution in [3.8, 4) is 0 Å². The van der Waals surface area contributed by atoms with Crippen molar-refractivity contribution in [2.24, 2.45) is 0 Å². The molecule has 1 aliphatic carbocycles. The van der Waals surface area contributed by atoms with Crippen LogP contribution in [0.2, 0.25) is 0 Å². The number of hydrogen-bond donors (Lipinski definition) is 2. The Labute approximate surface area is 184 Å². The average molecular weight is 426 g/mol. The number of fused-ring (bicyclic) bond motifs is 3. The maximum absolute atomic E-state index is 13.5. The molecule has 2 N–H and O–H groups in total. The Kier molecular flexibility index (Phi) is 4.26. The number of rotatable bonds is 2. The van der Waals surface area contributed by atoms with Crippen molar-refractivity contribution < 1.29 is 9.53 Å². The predicted molar refractivity (Wildman–Crippen MR) is 122 cm³/mol. The van der Waals surface area contributed by atoms with Crippen LogP contribution in [0.4, 0.5) is 11.8 Å². The van der Waals surface area contributed by atoms with Crippen LogP contribution in [0.5, 0.6) is 0 Å². The van der Waals surface area contributed by atoms with Crippen molar-refractivity contribution in [2.45, 2.75) is 12.8 Å². The van der Waals surface area contributed by atoms with E-state index in [4.69, 9.17) is 9.72 Å². The first-order valence-electron chi connectivity index (χ1n) is 10.8. The van der Waals surface area contributed by atoms with Gasteiger partial charge in [0.15, 0.2) is 5.78 Å². The van der Waals surface area contributed by atoms with E-state index in [0.29, 0.717) is 54.8 Å². The summed E-state index contributed by atoms with van der Waals surface area (Å²) in [5, 5.41) is 3.35. The van der Waals surface area contributed by atoms with Crippen molar-refractivity contribution in [2.75, 3.05) is 36.5 Å². The molecule has 160 valence electrons. The molecule has 2 aromatic carbocycles. The highest BCUT2D eigenvalue weighted by Crippen LogP contribution is 2.47. The molecule has 32 heavy (non-hydrogen) atoms. The van der Waals surface area contributed by atoms with E-state index >= 15 is 0 Å². The molecule has 3 heterocycles. The van der Waals surface area contributed by atoms with Crippen molar-refractivity contribution in [1.82, 2.24) is 9.97 Å². The number of aromatic nitrogens is 2. The van der Waals surface area contributed by atoms with Crippen LogP contribution in [0.3, 0.4) is 0 Å². The van der Waals surface area contributed by atoms with Gasteiger partial charge in [0.25, 0.3) is 5.56 Å². The Morgan fingerprint density at radius 2 is 1.72 bits per heavy atom. The molecule has 0 bridgehead atoms. The lowest BCUT2D eigenvalue weighted by molar-refractivity contribution is 0.103. The second-order valence-electron chi connectivity index (χ2n) is 8.38. The van der Waals surface area contributed by atoms with Crippen LogP contribution in [0, 0.1) is 6.92 Å². The molecular weight excluding hydrogens is 404 g/mol. The van der Waals surface area contributed by atoms with Crippen molar-refractivity contribution in [1.29, 1.82) is 0 Å². The number of nitrogens with one attached hydrogen (secondary N) is 2. The van der Waals surface area contributed by atoms with Crippen molar-refractivity contribution >= 4 is 23.2 Å². The van der Waals surface area contributed by atoms with E-state index in [1.807, 2.05) is 60.4 Å². The number of aromatic amines is 1. The quantitative estimate of drug-likeness (QED) is 0.655. The lowest BCUT2D eigenvalue weighted by atomic mass is 9.81. The number of ether oxygens (including phenoxy) is 1. The van der Waals surface area contributed by atoms with Gasteiger partial charge in [0.2, 0.25) is 5.95 Å². The minimum absolute atomic E-state index is 0.0454. The number of carbonyl (C=O) groups excluding carboxylic acids is 1. The summed E-state index contributed by atoms with van der Waals surface area (Å²) in [5.74, 6) is 0.491. The van der Waals surface area contributed by atoms with Crippen LogP contribution in [0.25, 0.3) is 5.70 Å². The summed E-state index contributed by atoms with van der Waals surface area (Å²) in [5.41, 5.74) is 5.12. The van der Waals surface area contributed by atoms with E-state index in [9.17, 15) is 9.59 Å². The average Bonchev–Trinajstić information content (AvgIpc) is 3.11. The second-order valence-corrected chi connectivity index (χ2v) is 8.38. The third-order valence-electron chi connectivity index (χ3n) is 6.44. The first kappa shape index (κ1) is 19.0. The number of H-pyrrole nitrogens is 1. The van der Waals surface area contributed by atoms with Gasteiger partial charge in [0.05, 0.1) is 24.5 Å². The molecule has 1 atom stereocenters. The van der Waals surface area contributed by atoms with Gasteiger partial charge >= 0.3 is 0 Å². The van der Waals surface area contributed by atoms with Gasteiger partial charge in [-0.15, -0.1) is 0 Å². The Morgan fingerprint density at radius 3 is 2.47 bits per heavy atom. The number of benzene rings is 2. The highest BCUT2D eigenvalue weighted by Gasteiger charge is 2.42. The minimum atomic E-state index is -0.489. The molecule has 1 fully saturated rings. The van der Waals surface area contributed by atoms with Crippen LogP contribution in [0.1, 0.15) is 38.5 Å². The third-order valence-corrected chi connectivity index (χ3v) is 6.44. The Balaban J connectivity index is 1.56. The van der Waals surface area contributed by atoms with Crippen LogP contribution in [-0.2, 0) is 4.74 Å². The molecule has 1 aromatic heterocycles. The molecule has 2 aliphatic heterocycles.